The SMILES string of the molecule is C1=CC2=CC=CC3C2C(=C1)S[C@@H]1CCCC[C@H]31. The Kier molecular flexibility index (Phi) is 2.36. The van der Waals surface area contributed by atoms with Crippen LogP contribution in [0.25, 0.3) is 0 Å². The number of thioether (sulfide) groups is 1. The fourth-order valence-corrected chi connectivity index (χ4v) is 5.72. The van der Waals surface area contributed by atoms with Gasteiger partial charge in [0, 0.05) is 11.2 Å². The highest BCUT2D eigenvalue weighted by Crippen LogP contribution is 2.55. The number of fused-ring (bicyclic) bond motifs is 2. The van der Waals surface area contributed by atoms with Gasteiger partial charge in [0.25, 0.3) is 0 Å². The lowest BCUT2D eigenvalue weighted by molar-refractivity contribution is 0.256. The molecule has 0 bridgehead atoms. The van der Waals surface area contributed by atoms with Gasteiger partial charge in [0.15, 0.2) is 0 Å². The standard InChI is InChI=1S/C16H18S/c1-2-9-14-12(7-1)13-8-3-5-11-6-4-10-15(17-14)16(11)13/h3-6,8,10,12-14,16H,1-2,7,9H2/t12-,13?,14-,16?/m1/s1. The lowest BCUT2D eigenvalue weighted by Crippen LogP contribution is -2.39. The maximum atomic E-state index is 2.49. The van der Waals surface area contributed by atoms with Gasteiger partial charge in [-0.3, -0.25) is 0 Å². The molecule has 0 aromatic rings. The van der Waals surface area contributed by atoms with Crippen LogP contribution in [0.4, 0.5) is 0 Å². The largest absolute Gasteiger partial charge is 0.126 e. The summed E-state index contributed by atoms with van der Waals surface area (Å²) in [5.74, 6) is 2.43. The Balaban J connectivity index is 1.77. The summed E-state index contributed by atoms with van der Waals surface area (Å²) < 4.78 is 0. The lowest BCUT2D eigenvalue weighted by atomic mass is 9.68. The maximum Gasteiger partial charge on any atom is 0.0215 e. The van der Waals surface area contributed by atoms with Crippen molar-refractivity contribution in [2.45, 2.75) is 30.9 Å². The van der Waals surface area contributed by atoms with E-state index >= 15 is 0 Å². The van der Waals surface area contributed by atoms with E-state index in [1.54, 1.807) is 10.5 Å². The van der Waals surface area contributed by atoms with Crippen LogP contribution >= 0.6 is 11.8 Å². The Bertz CT molecular complexity index is 452. The zero-order chi connectivity index (χ0) is 11.2. The van der Waals surface area contributed by atoms with Gasteiger partial charge in [0.2, 0.25) is 0 Å². The summed E-state index contributed by atoms with van der Waals surface area (Å²) in [5, 5.41) is 0.895. The third-order valence-electron chi connectivity index (χ3n) is 4.76. The molecule has 1 saturated heterocycles. The van der Waals surface area contributed by atoms with Crippen LogP contribution in [0.1, 0.15) is 25.7 Å². The number of allylic oxidation sites excluding steroid dienone is 8. The fraction of sp³-hybridized carbons (Fsp3) is 0.500. The smallest absolute Gasteiger partial charge is 0.0215 e. The van der Waals surface area contributed by atoms with E-state index < -0.39 is 0 Å². The number of hydrogen-bond acceptors (Lipinski definition) is 1. The Morgan fingerprint density at radius 1 is 1.06 bits per heavy atom. The molecule has 2 fully saturated rings. The minimum atomic E-state index is 0.703. The topological polar surface area (TPSA) is 0 Å². The molecule has 4 aliphatic rings. The summed E-state index contributed by atoms with van der Waals surface area (Å²) in [6.45, 7) is 0. The molecule has 0 aromatic heterocycles. The van der Waals surface area contributed by atoms with E-state index in [0.717, 1.165) is 17.1 Å². The van der Waals surface area contributed by atoms with E-state index in [1.165, 1.54) is 25.7 Å². The first kappa shape index (κ1) is 10.3. The first-order chi connectivity index (χ1) is 8.43. The van der Waals surface area contributed by atoms with Crippen LogP contribution in [-0.4, -0.2) is 5.25 Å². The first-order valence-electron chi connectivity index (χ1n) is 6.87. The summed E-state index contributed by atoms with van der Waals surface area (Å²) in [5.41, 5.74) is 1.55. The van der Waals surface area contributed by atoms with E-state index in [9.17, 15) is 0 Å². The molecule has 0 aromatic carbocycles. The molecule has 17 heavy (non-hydrogen) atoms. The highest BCUT2D eigenvalue weighted by Gasteiger charge is 2.44. The summed E-state index contributed by atoms with van der Waals surface area (Å²) in [6, 6.07) is 0. The minimum Gasteiger partial charge on any atom is -0.126 e. The molecule has 3 aliphatic carbocycles. The normalized spacial score (nSPS) is 42.4. The zero-order valence-corrected chi connectivity index (χ0v) is 10.8. The Morgan fingerprint density at radius 2 is 2.00 bits per heavy atom. The summed E-state index contributed by atoms with van der Waals surface area (Å²) in [4.78, 5) is 1.64. The van der Waals surface area contributed by atoms with Crippen molar-refractivity contribution in [1.82, 2.24) is 0 Å². The average Bonchev–Trinajstić information content (AvgIpc) is 2.39. The molecule has 4 rings (SSSR count). The molecule has 4 atom stereocenters. The molecular weight excluding hydrogens is 224 g/mol. The van der Waals surface area contributed by atoms with Gasteiger partial charge in [0.05, 0.1) is 0 Å². The van der Waals surface area contributed by atoms with Crippen molar-refractivity contribution in [3.63, 3.8) is 0 Å². The van der Waals surface area contributed by atoms with E-state index in [0.29, 0.717) is 5.92 Å². The average molecular weight is 242 g/mol. The predicted molar refractivity (Wildman–Crippen MR) is 74.8 cm³/mol. The van der Waals surface area contributed by atoms with Crippen molar-refractivity contribution >= 4 is 11.8 Å². The first-order valence-corrected chi connectivity index (χ1v) is 7.75. The fourth-order valence-electron chi connectivity index (χ4n) is 3.99. The number of hydrogen-bond donors (Lipinski definition) is 0. The minimum absolute atomic E-state index is 0.703. The van der Waals surface area contributed by atoms with Gasteiger partial charge in [-0.15, -0.1) is 11.8 Å². The van der Waals surface area contributed by atoms with Gasteiger partial charge >= 0.3 is 0 Å². The van der Waals surface area contributed by atoms with Crippen LogP contribution in [0.2, 0.25) is 0 Å². The molecule has 0 spiro atoms. The van der Waals surface area contributed by atoms with E-state index in [-0.39, 0.29) is 0 Å². The van der Waals surface area contributed by atoms with Gasteiger partial charge in [-0.25, -0.2) is 0 Å². The summed E-state index contributed by atoms with van der Waals surface area (Å²) >= 11 is 2.19. The second kappa shape index (κ2) is 3.91. The van der Waals surface area contributed by atoms with Crippen molar-refractivity contribution in [2.24, 2.45) is 17.8 Å². The second-order valence-electron chi connectivity index (χ2n) is 5.64. The van der Waals surface area contributed by atoms with E-state index in [1.807, 2.05) is 0 Å². The van der Waals surface area contributed by atoms with Crippen LogP contribution in [0.3, 0.4) is 0 Å². The third-order valence-corrected chi connectivity index (χ3v) is 6.31. The van der Waals surface area contributed by atoms with E-state index in [4.69, 9.17) is 0 Å². The molecule has 1 heterocycles. The molecular formula is C16H18S. The van der Waals surface area contributed by atoms with Gasteiger partial charge in [-0.1, -0.05) is 49.3 Å². The van der Waals surface area contributed by atoms with Gasteiger partial charge in [-0.05, 0) is 35.2 Å². The Hall–Kier alpha value is -0.690. The predicted octanol–water partition coefficient (Wildman–Crippen LogP) is 4.47. The van der Waals surface area contributed by atoms with Crippen LogP contribution in [0, 0.1) is 17.8 Å². The van der Waals surface area contributed by atoms with Crippen LogP contribution in [0.15, 0.2) is 46.9 Å². The monoisotopic (exact) mass is 242 g/mol. The van der Waals surface area contributed by atoms with Crippen LogP contribution in [0.5, 0.6) is 0 Å². The van der Waals surface area contributed by atoms with Crippen molar-refractivity contribution < 1.29 is 0 Å². The van der Waals surface area contributed by atoms with Crippen LogP contribution in [-0.2, 0) is 0 Å². The molecule has 0 nitrogen and oxygen atoms in total. The summed E-state index contributed by atoms with van der Waals surface area (Å²) in [7, 11) is 0. The van der Waals surface area contributed by atoms with Crippen molar-refractivity contribution in [3.05, 3.63) is 46.9 Å². The molecule has 0 amide bonds. The molecule has 1 heteroatoms. The van der Waals surface area contributed by atoms with Gasteiger partial charge in [-0.2, -0.15) is 0 Å². The molecule has 0 N–H and O–H groups in total. The highest BCUT2D eigenvalue weighted by atomic mass is 32.2. The number of rotatable bonds is 0. The van der Waals surface area contributed by atoms with Gasteiger partial charge in [0.1, 0.15) is 0 Å². The molecule has 1 aliphatic heterocycles. The Morgan fingerprint density at radius 3 is 3.00 bits per heavy atom. The quantitative estimate of drug-likeness (QED) is 0.604. The van der Waals surface area contributed by atoms with Crippen molar-refractivity contribution in [2.75, 3.05) is 0 Å². The highest BCUT2D eigenvalue weighted by molar-refractivity contribution is 8.03. The van der Waals surface area contributed by atoms with E-state index in [2.05, 4.69) is 48.2 Å². The summed E-state index contributed by atoms with van der Waals surface area (Å²) in [6.07, 6.45) is 19.8. The van der Waals surface area contributed by atoms with Crippen LogP contribution < -0.4 is 0 Å². The second-order valence-corrected chi connectivity index (χ2v) is 6.95. The molecule has 2 unspecified atom stereocenters. The Labute approximate surface area is 108 Å². The maximum absolute atomic E-state index is 2.49. The zero-order valence-electron chi connectivity index (χ0n) is 10.0. The van der Waals surface area contributed by atoms with Crippen molar-refractivity contribution in [1.29, 1.82) is 0 Å². The molecule has 0 radical (unpaired) electrons. The van der Waals surface area contributed by atoms with Gasteiger partial charge < -0.3 is 0 Å². The molecule has 1 saturated carbocycles. The lowest BCUT2D eigenvalue weighted by Gasteiger charge is -2.47. The molecule has 88 valence electrons. The third kappa shape index (κ3) is 1.52. The van der Waals surface area contributed by atoms with Crippen molar-refractivity contribution in [3.8, 4) is 0 Å².